The van der Waals surface area contributed by atoms with Gasteiger partial charge in [0.25, 0.3) is 0 Å². The third-order valence-electron chi connectivity index (χ3n) is 1.85. The molecule has 0 rings (SSSR count). The molecule has 0 aromatic carbocycles. The fourth-order valence-electron chi connectivity index (χ4n) is 1.13. The Hall–Kier alpha value is 0.290. The normalized spacial score (nSPS) is 9.17. The minimum absolute atomic E-state index is 0.980. The quantitative estimate of drug-likeness (QED) is 0.296. The molecule has 0 nitrogen and oxygen atoms in total. The molecule has 0 unspecified atom stereocenters. The second-order valence-electron chi connectivity index (χ2n) is 3.00. The van der Waals surface area contributed by atoms with Crippen molar-refractivity contribution in [3.05, 3.63) is 0 Å². The molecule has 0 saturated carbocycles. The van der Waals surface area contributed by atoms with Crippen molar-refractivity contribution in [1.82, 2.24) is 0 Å². The highest BCUT2D eigenvalue weighted by molar-refractivity contribution is 14.1. The van der Waals surface area contributed by atoms with Gasteiger partial charge in [0, 0.05) is 6.42 Å². The van der Waals surface area contributed by atoms with Gasteiger partial charge in [0.2, 0.25) is 0 Å². The van der Waals surface area contributed by atoms with Crippen LogP contribution in [-0.2, 0) is 0 Å². The van der Waals surface area contributed by atoms with Gasteiger partial charge in [0.05, 0.1) is 4.43 Å². The lowest BCUT2D eigenvalue weighted by molar-refractivity contribution is 0.614. The zero-order valence-electron chi connectivity index (χ0n) is 8.03. The molecule has 0 aliphatic rings. The molecule has 0 aromatic heterocycles. The lowest BCUT2D eigenvalue weighted by Crippen LogP contribution is -1.77. The van der Waals surface area contributed by atoms with E-state index in [9.17, 15) is 0 Å². The summed E-state index contributed by atoms with van der Waals surface area (Å²) in [4.78, 5) is 0. The molecule has 0 spiro atoms. The molecule has 0 amide bonds. The maximum Gasteiger partial charge on any atom is 0.0609 e. The molecular formula is C11H19I. The Bertz CT molecular complexity index is 130. The van der Waals surface area contributed by atoms with Crippen LogP contribution in [0.3, 0.4) is 0 Å². The molecule has 1 heteroatoms. The van der Waals surface area contributed by atoms with Gasteiger partial charge >= 0.3 is 0 Å². The van der Waals surface area contributed by atoms with Crippen LogP contribution in [0.1, 0.15) is 51.9 Å². The van der Waals surface area contributed by atoms with Crippen LogP contribution in [0.15, 0.2) is 0 Å². The van der Waals surface area contributed by atoms with Gasteiger partial charge in [0.15, 0.2) is 0 Å². The third kappa shape index (κ3) is 10.3. The van der Waals surface area contributed by atoms with Crippen molar-refractivity contribution in [3.8, 4) is 11.8 Å². The molecule has 0 aliphatic heterocycles. The van der Waals surface area contributed by atoms with Gasteiger partial charge in [0.1, 0.15) is 0 Å². The molecule has 0 radical (unpaired) electrons. The SMILES string of the molecule is CCCCCCCCC#CCI. The predicted molar refractivity (Wildman–Crippen MR) is 64.7 cm³/mol. The van der Waals surface area contributed by atoms with E-state index in [1.165, 1.54) is 38.5 Å². The van der Waals surface area contributed by atoms with Gasteiger partial charge in [-0.2, -0.15) is 0 Å². The molecule has 0 saturated heterocycles. The summed E-state index contributed by atoms with van der Waals surface area (Å²) in [6.07, 6.45) is 9.34. The van der Waals surface area contributed by atoms with Crippen LogP contribution in [0.4, 0.5) is 0 Å². The molecule has 0 bridgehead atoms. The Balaban J connectivity index is 2.91. The Morgan fingerprint density at radius 3 is 2.25 bits per heavy atom. The van der Waals surface area contributed by atoms with E-state index in [1.54, 1.807) is 0 Å². The standard InChI is InChI=1S/C11H19I/c1-2-3-4-5-6-7-8-9-10-11-12/h2-8,11H2,1H3. The summed E-state index contributed by atoms with van der Waals surface area (Å²) in [5.74, 6) is 6.26. The first-order valence-electron chi connectivity index (χ1n) is 4.93. The number of unbranched alkanes of at least 4 members (excludes halogenated alkanes) is 6. The van der Waals surface area contributed by atoms with Crippen molar-refractivity contribution in [1.29, 1.82) is 0 Å². The Morgan fingerprint density at radius 1 is 0.917 bits per heavy atom. The summed E-state index contributed by atoms with van der Waals surface area (Å²) >= 11 is 2.29. The molecule has 0 fully saturated rings. The molecule has 70 valence electrons. The molecule has 0 aliphatic carbocycles. The van der Waals surface area contributed by atoms with Gasteiger partial charge in [-0.05, 0) is 6.42 Å². The average Bonchev–Trinajstić information content (AvgIpc) is 2.10. The van der Waals surface area contributed by atoms with E-state index in [0.717, 1.165) is 10.8 Å². The van der Waals surface area contributed by atoms with Crippen molar-refractivity contribution in [3.63, 3.8) is 0 Å². The van der Waals surface area contributed by atoms with E-state index in [0.29, 0.717) is 0 Å². The van der Waals surface area contributed by atoms with Crippen molar-refractivity contribution in [2.75, 3.05) is 4.43 Å². The van der Waals surface area contributed by atoms with Crippen LogP contribution >= 0.6 is 22.6 Å². The maximum atomic E-state index is 3.17. The highest BCUT2D eigenvalue weighted by Gasteiger charge is 1.87. The van der Waals surface area contributed by atoms with E-state index >= 15 is 0 Å². The average molecular weight is 278 g/mol. The van der Waals surface area contributed by atoms with E-state index in [1.807, 2.05) is 0 Å². The van der Waals surface area contributed by atoms with E-state index in [4.69, 9.17) is 0 Å². The lowest BCUT2D eigenvalue weighted by atomic mass is 10.1. The van der Waals surface area contributed by atoms with E-state index in [-0.39, 0.29) is 0 Å². The van der Waals surface area contributed by atoms with Crippen LogP contribution in [-0.4, -0.2) is 4.43 Å². The topological polar surface area (TPSA) is 0 Å². The van der Waals surface area contributed by atoms with Crippen LogP contribution in [0, 0.1) is 11.8 Å². The second-order valence-corrected chi connectivity index (χ2v) is 3.77. The molecule has 0 atom stereocenters. The predicted octanol–water partition coefficient (Wildman–Crippen LogP) is 4.18. The van der Waals surface area contributed by atoms with Crippen LogP contribution in [0.5, 0.6) is 0 Å². The van der Waals surface area contributed by atoms with Gasteiger partial charge < -0.3 is 0 Å². The first kappa shape index (κ1) is 12.3. The smallest absolute Gasteiger partial charge is 0.0609 e. The summed E-state index contributed by atoms with van der Waals surface area (Å²) in [6, 6.07) is 0. The van der Waals surface area contributed by atoms with Gasteiger partial charge in [-0.3, -0.25) is 0 Å². The lowest BCUT2D eigenvalue weighted by Gasteiger charge is -1.96. The largest absolute Gasteiger partial charge is 0.103 e. The summed E-state index contributed by atoms with van der Waals surface area (Å²) in [6.45, 7) is 2.26. The number of halogens is 1. The van der Waals surface area contributed by atoms with Gasteiger partial charge in [-0.15, -0.1) is 5.92 Å². The summed E-state index contributed by atoms with van der Waals surface area (Å²) < 4.78 is 0.980. The van der Waals surface area contributed by atoms with E-state index in [2.05, 4.69) is 41.4 Å². The minimum Gasteiger partial charge on any atom is -0.103 e. The highest BCUT2D eigenvalue weighted by atomic mass is 127. The Labute approximate surface area is 90.6 Å². The Kier molecular flexibility index (Phi) is 11.6. The van der Waals surface area contributed by atoms with Crippen LogP contribution in [0.2, 0.25) is 0 Å². The van der Waals surface area contributed by atoms with Crippen LogP contribution < -0.4 is 0 Å². The van der Waals surface area contributed by atoms with Gasteiger partial charge in [-0.1, -0.05) is 67.5 Å². The van der Waals surface area contributed by atoms with Crippen LogP contribution in [0.25, 0.3) is 0 Å². The molecule has 12 heavy (non-hydrogen) atoms. The summed E-state index contributed by atoms with van der Waals surface area (Å²) in [5.41, 5.74) is 0. The number of hydrogen-bond acceptors (Lipinski definition) is 0. The molecule has 0 N–H and O–H groups in total. The number of alkyl halides is 1. The second kappa shape index (κ2) is 11.3. The molecule has 0 heterocycles. The third-order valence-corrected chi connectivity index (χ3v) is 2.23. The van der Waals surface area contributed by atoms with Crippen molar-refractivity contribution in [2.24, 2.45) is 0 Å². The fourth-order valence-corrected chi connectivity index (χ4v) is 1.40. The zero-order chi connectivity index (χ0) is 9.07. The molecular weight excluding hydrogens is 259 g/mol. The first-order valence-corrected chi connectivity index (χ1v) is 6.46. The number of hydrogen-bond donors (Lipinski definition) is 0. The summed E-state index contributed by atoms with van der Waals surface area (Å²) in [5, 5.41) is 0. The van der Waals surface area contributed by atoms with Crippen molar-refractivity contribution < 1.29 is 0 Å². The van der Waals surface area contributed by atoms with Crippen molar-refractivity contribution in [2.45, 2.75) is 51.9 Å². The zero-order valence-corrected chi connectivity index (χ0v) is 10.2. The minimum atomic E-state index is 0.980. The maximum absolute atomic E-state index is 3.17. The summed E-state index contributed by atoms with van der Waals surface area (Å²) in [7, 11) is 0. The first-order chi connectivity index (χ1) is 5.91. The fraction of sp³-hybridized carbons (Fsp3) is 0.818. The molecule has 0 aromatic rings. The Morgan fingerprint density at radius 2 is 1.58 bits per heavy atom. The van der Waals surface area contributed by atoms with Gasteiger partial charge in [-0.25, -0.2) is 0 Å². The van der Waals surface area contributed by atoms with Crippen molar-refractivity contribution >= 4 is 22.6 Å². The van der Waals surface area contributed by atoms with E-state index < -0.39 is 0 Å². The number of rotatable bonds is 6. The highest BCUT2D eigenvalue weighted by Crippen LogP contribution is 2.05. The monoisotopic (exact) mass is 278 g/mol.